The Hall–Kier alpha value is -0.870. The second-order valence-corrected chi connectivity index (χ2v) is 4.08. The zero-order valence-corrected chi connectivity index (χ0v) is 8.66. The molecule has 0 aliphatic carbocycles. The lowest BCUT2D eigenvalue weighted by molar-refractivity contribution is 0.387. The molecule has 1 aliphatic rings. The van der Waals surface area contributed by atoms with Gasteiger partial charge in [0.05, 0.1) is 6.54 Å². The summed E-state index contributed by atoms with van der Waals surface area (Å²) < 4.78 is 0. The number of H-pyrrole nitrogens is 1. The highest BCUT2D eigenvalue weighted by Crippen LogP contribution is 2.12. The molecule has 2 N–H and O–H groups in total. The van der Waals surface area contributed by atoms with Crippen LogP contribution in [0.4, 0.5) is 0 Å². The number of aromatic nitrogens is 2. The van der Waals surface area contributed by atoms with Gasteiger partial charge < -0.3 is 15.2 Å². The first kappa shape index (κ1) is 9.68. The van der Waals surface area contributed by atoms with Crippen LogP contribution in [-0.4, -0.2) is 41.5 Å². The van der Waals surface area contributed by atoms with Gasteiger partial charge in [0.2, 0.25) is 0 Å². The van der Waals surface area contributed by atoms with Gasteiger partial charge in [-0.25, -0.2) is 4.98 Å². The Labute approximate surface area is 84.7 Å². The second kappa shape index (κ2) is 4.57. The van der Waals surface area contributed by atoms with Crippen LogP contribution in [-0.2, 0) is 6.54 Å². The zero-order valence-electron chi connectivity index (χ0n) is 8.66. The predicted octanol–water partition coefficient (Wildman–Crippen LogP) is 0.451. The maximum atomic E-state index is 4.17. The summed E-state index contributed by atoms with van der Waals surface area (Å²) in [6.45, 7) is 4.43. The minimum atomic E-state index is 0.815. The van der Waals surface area contributed by atoms with E-state index in [9.17, 15) is 0 Å². The Balaban J connectivity index is 1.64. The summed E-state index contributed by atoms with van der Waals surface area (Å²) in [5, 5.41) is 3.43. The van der Waals surface area contributed by atoms with Crippen molar-refractivity contribution in [2.24, 2.45) is 5.92 Å². The standard InChI is InChI=1S/C10H18N4/c1-14-5-2-9(8-14)6-11-7-10-12-3-4-13-10/h3-4,9,11H,2,5-8H2,1H3,(H,12,13). The molecule has 2 heterocycles. The van der Waals surface area contributed by atoms with Crippen LogP contribution in [0.15, 0.2) is 12.4 Å². The van der Waals surface area contributed by atoms with E-state index in [0.29, 0.717) is 0 Å². The molecule has 0 saturated carbocycles. The Bertz CT molecular complexity index is 257. The van der Waals surface area contributed by atoms with Crippen LogP contribution < -0.4 is 5.32 Å². The van der Waals surface area contributed by atoms with Crippen LogP contribution in [0.25, 0.3) is 0 Å². The first-order valence-corrected chi connectivity index (χ1v) is 5.22. The van der Waals surface area contributed by atoms with Gasteiger partial charge in [-0.05, 0) is 32.5 Å². The molecular formula is C10H18N4. The van der Waals surface area contributed by atoms with E-state index in [4.69, 9.17) is 0 Å². The molecule has 1 saturated heterocycles. The molecule has 0 amide bonds. The van der Waals surface area contributed by atoms with Gasteiger partial charge in [-0.3, -0.25) is 0 Å². The van der Waals surface area contributed by atoms with Crippen molar-refractivity contribution >= 4 is 0 Å². The zero-order chi connectivity index (χ0) is 9.80. The van der Waals surface area contributed by atoms with Crippen LogP contribution in [0, 0.1) is 5.92 Å². The summed E-state index contributed by atoms with van der Waals surface area (Å²) >= 11 is 0. The predicted molar refractivity (Wildman–Crippen MR) is 55.9 cm³/mol. The van der Waals surface area contributed by atoms with Crippen molar-refractivity contribution in [2.45, 2.75) is 13.0 Å². The Morgan fingerprint density at radius 3 is 3.29 bits per heavy atom. The van der Waals surface area contributed by atoms with Crippen LogP contribution in [0.2, 0.25) is 0 Å². The van der Waals surface area contributed by atoms with E-state index in [1.165, 1.54) is 19.5 Å². The molecule has 1 aromatic rings. The van der Waals surface area contributed by atoms with E-state index in [1.807, 2.05) is 6.20 Å². The van der Waals surface area contributed by atoms with Crippen LogP contribution >= 0.6 is 0 Å². The molecule has 14 heavy (non-hydrogen) atoms. The van der Waals surface area contributed by atoms with Crippen LogP contribution in [0.1, 0.15) is 12.2 Å². The summed E-state index contributed by atoms with van der Waals surface area (Å²) in [5.41, 5.74) is 0. The molecule has 4 nitrogen and oxygen atoms in total. The molecule has 0 bridgehead atoms. The fourth-order valence-electron chi connectivity index (χ4n) is 1.98. The maximum absolute atomic E-state index is 4.17. The molecule has 1 aromatic heterocycles. The van der Waals surface area contributed by atoms with Crippen LogP contribution in [0.3, 0.4) is 0 Å². The number of hydrogen-bond acceptors (Lipinski definition) is 3. The van der Waals surface area contributed by atoms with Crippen molar-refractivity contribution in [3.8, 4) is 0 Å². The summed E-state index contributed by atoms with van der Waals surface area (Å²) in [6.07, 6.45) is 4.97. The van der Waals surface area contributed by atoms with Gasteiger partial charge in [-0.1, -0.05) is 0 Å². The monoisotopic (exact) mass is 194 g/mol. The van der Waals surface area contributed by atoms with Gasteiger partial charge in [0.1, 0.15) is 5.82 Å². The first-order valence-electron chi connectivity index (χ1n) is 5.22. The molecular weight excluding hydrogens is 176 g/mol. The third-order valence-electron chi connectivity index (χ3n) is 2.77. The number of nitrogens with zero attached hydrogens (tertiary/aromatic N) is 2. The van der Waals surface area contributed by atoms with Gasteiger partial charge in [-0.15, -0.1) is 0 Å². The third-order valence-corrected chi connectivity index (χ3v) is 2.77. The topological polar surface area (TPSA) is 44.0 Å². The fourth-order valence-corrected chi connectivity index (χ4v) is 1.98. The molecule has 0 radical (unpaired) electrons. The van der Waals surface area contributed by atoms with E-state index in [-0.39, 0.29) is 0 Å². The van der Waals surface area contributed by atoms with E-state index in [1.54, 1.807) is 6.20 Å². The van der Waals surface area contributed by atoms with Gasteiger partial charge in [0, 0.05) is 18.9 Å². The fraction of sp³-hybridized carbons (Fsp3) is 0.700. The van der Waals surface area contributed by atoms with E-state index >= 15 is 0 Å². The number of rotatable bonds is 4. The lowest BCUT2D eigenvalue weighted by Gasteiger charge is -2.10. The smallest absolute Gasteiger partial charge is 0.120 e. The van der Waals surface area contributed by atoms with Crippen molar-refractivity contribution in [2.75, 3.05) is 26.7 Å². The van der Waals surface area contributed by atoms with Crippen molar-refractivity contribution < 1.29 is 0 Å². The summed E-state index contributed by atoms with van der Waals surface area (Å²) in [4.78, 5) is 9.64. The second-order valence-electron chi connectivity index (χ2n) is 4.08. The number of imidazole rings is 1. The van der Waals surface area contributed by atoms with E-state index in [2.05, 4.69) is 27.2 Å². The molecule has 0 aromatic carbocycles. The Morgan fingerprint density at radius 2 is 2.64 bits per heavy atom. The molecule has 1 unspecified atom stereocenters. The summed E-state index contributed by atoms with van der Waals surface area (Å²) in [7, 11) is 2.19. The van der Waals surface area contributed by atoms with Gasteiger partial charge in [0.15, 0.2) is 0 Å². The number of hydrogen-bond donors (Lipinski definition) is 2. The SMILES string of the molecule is CN1CCC(CNCc2ncc[nH]2)C1. The van der Waals surface area contributed by atoms with Crippen molar-refractivity contribution in [3.05, 3.63) is 18.2 Å². The molecule has 1 atom stereocenters. The average molecular weight is 194 g/mol. The highest BCUT2D eigenvalue weighted by atomic mass is 15.1. The van der Waals surface area contributed by atoms with Gasteiger partial charge in [0.25, 0.3) is 0 Å². The first-order chi connectivity index (χ1) is 6.84. The quantitative estimate of drug-likeness (QED) is 0.731. The van der Waals surface area contributed by atoms with E-state index in [0.717, 1.165) is 24.8 Å². The lowest BCUT2D eigenvalue weighted by atomic mass is 10.1. The average Bonchev–Trinajstić information content (AvgIpc) is 2.77. The molecule has 0 spiro atoms. The summed E-state index contributed by atoms with van der Waals surface area (Å²) in [6, 6.07) is 0. The molecule has 2 rings (SSSR count). The third kappa shape index (κ3) is 2.56. The largest absolute Gasteiger partial charge is 0.348 e. The molecule has 4 heteroatoms. The highest BCUT2D eigenvalue weighted by Gasteiger charge is 2.18. The maximum Gasteiger partial charge on any atom is 0.120 e. The Kier molecular flexibility index (Phi) is 3.16. The van der Waals surface area contributed by atoms with Crippen molar-refractivity contribution in [1.29, 1.82) is 0 Å². The van der Waals surface area contributed by atoms with Crippen molar-refractivity contribution in [3.63, 3.8) is 0 Å². The molecule has 1 aliphatic heterocycles. The highest BCUT2D eigenvalue weighted by molar-refractivity contribution is 4.86. The lowest BCUT2D eigenvalue weighted by Crippen LogP contribution is -2.25. The Morgan fingerprint density at radius 1 is 1.71 bits per heavy atom. The van der Waals surface area contributed by atoms with Crippen LogP contribution in [0.5, 0.6) is 0 Å². The number of nitrogens with one attached hydrogen (secondary N) is 2. The number of aromatic amines is 1. The summed E-state index contributed by atoms with van der Waals surface area (Å²) in [5.74, 6) is 1.84. The van der Waals surface area contributed by atoms with Gasteiger partial charge >= 0.3 is 0 Å². The minimum absolute atomic E-state index is 0.815. The van der Waals surface area contributed by atoms with Crippen molar-refractivity contribution in [1.82, 2.24) is 20.2 Å². The molecule has 78 valence electrons. The molecule has 1 fully saturated rings. The normalized spacial score (nSPS) is 23.1. The van der Waals surface area contributed by atoms with Gasteiger partial charge in [-0.2, -0.15) is 0 Å². The van der Waals surface area contributed by atoms with E-state index < -0.39 is 0 Å². The minimum Gasteiger partial charge on any atom is -0.348 e. The number of likely N-dealkylation sites (tertiary alicyclic amines) is 1.